The number of nitrogens with zero attached hydrogens (tertiary/aromatic N) is 2. The van der Waals surface area contributed by atoms with Gasteiger partial charge in [-0.3, -0.25) is 0 Å². The molecule has 0 saturated carbocycles. The standard InChI is InChI=1S/C14H25N3O/c1-3-7-17-8-6-16-14(17)10-12(15)11-5-9-18-13(11)4-2/h6,8,11-13H,3-5,7,9-10,15H2,1-2H3. The van der Waals surface area contributed by atoms with Crippen LogP contribution in [0.15, 0.2) is 12.4 Å². The number of nitrogens with two attached hydrogens (primary N) is 1. The molecule has 1 saturated heterocycles. The summed E-state index contributed by atoms with van der Waals surface area (Å²) < 4.78 is 7.94. The zero-order valence-corrected chi connectivity index (χ0v) is 11.5. The van der Waals surface area contributed by atoms with Gasteiger partial charge in [-0.2, -0.15) is 0 Å². The van der Waals surface area contributed by atoms with Crippen molar-refractivity contribution >= 4 is 0 Å². The van der Waals surface area contributed by atoms with Crippen LogP contribution in [0.2, 0.25) is 0 Å². The molecule has 18 heavy (non-hydrogen) atoms. The molecule has 1 aliphatic heterocycles. The van der Waals surface area contributed by atoms with E-state index in [1.807, 2.05) is 12.4 Å². The summed E-state index contributed by atoms with van der Waals surface area (Å²) in [6.07, 6.45) is 8.40. The first-order valence-electron chi connectivity index (χ1n) is 7.13. The Balaban J connectivity index is 1.97. The number of aryl methyl sites for hydroxylation is 1. The number of hydrogen-bond acceptors (Lipinski definition) is 3. The van der Waals surface area contributed by atoms with E-state index in [-0.39, 0.29) is 6.04 Å². The fourth-order valence-electron chi connectivity index (χ4n) is 2.91. The van der Waals surface area contributed by atoms with Gasteiger partial charge in [-0.1, -0.05) is 13.8 Å². The molecule has 1 aromatic heterocycles. The van der Waals surface area contributed by atoms with Gasteiger partial charge in [0.15, 0.2) is 0 Å². The van der Waals surface area contributed by atoms with Crippen molar-refractivity contribution in [2.75, 3.05) is 6.61 Å². The SMILES string of the molecule is CCCn1ccnc1CC(N)C1CCOC1CC. The van der Waals surface area contributed by atoms with Crippen LogP contribution in [-0.4, -0.2) is 28.3 Å². The number of ether oxygens (including phenoxy) is 1. The van der Waals surface area contributed by atoms with Crippen molar-refractivity contribution in [2.24, 2.45) is 11.7 Å². The summed E-state index contributed by atoms with van der Waals surface area (Å²) in [7, 11) is 0. The van der Waals surface area contributed by atoms with Gasteiger partial charge < -0.3 is 15.0 Å². The Bertz CT molecular complexity index is 364. The molecule has 3 atom stereocenters. The second kappa shape index (κ2) is 6.34. The monoisotopic (exact) mass is 251 g/mol. The number of hydrogen-bond donors (Lipinski definition) is 1. The summed E-state index contributed by atoms with van der Waals surface area (Å²) in [5, 5.41) is 0. The van der Waals surface area contributed by atoms with E-state index >= 15 is 0 Å². The summed E-state index contributed by atoms with van der Waals surface area (Å²) in [5.74, 6) is 1.60. The largest absolute Gasteiger partial charge is 0.378 e. The van der Waals surface area contributed by atoms with Gasteiger partial charge in [-0.05, 0) is 19.3 Å². The minimum Gasteiger partial charge on any atom is -0.378 e. The quantitative estimate of drug-likeness (QED) is 0.841. The molecule has 2 N–H and O–H groups in total. The molecule has 4 heteroatoms. The molecule has 0 spiro atoms. The minimum absolute atomic E-state index is 0.162. The van der Waals surface area contributed by atoms with E-state index in [4.69, 9.17) is 10.5 Å². The van der Waals surface area contributed by atoms with Crippen LogP contribution < -0.4 is 5.73 Å². The topological polar surface area (TPSA) is 53.1 Å². The fraction of sp³-hybridized carbons (Fsp3) is 0.786. The highest BCUT2D eigenvalue weighted by molar-refractivity contribution is 4.98. The van der Waals surface area contributed by atoms with Crippen molar-refractivity contribution in [2.45, 2.75) is 58.2 Å². The lowest BCUT2D eigenvalue weighted by Gasteiger charge is -2.23. The van der Waals surface area contributed by atoms with E-state index in [9.17, 15) is 0 Å². The zero-order valence-electron chi connectivity index (χ0n) is 11.5. The molecular weight excluding hydrogens is 226 g/mol. The second-order valence-electron chi connectivity index (χ2n) is 5.17. The van der Waals surface area contributed by atoms with Gasteiger partial charge in [0, 0.05) is 43.9 Å². The highest BCUT2D eigenvalue weighted by atomic mass is 16.5. The van der Waals surface area contributed by atoms with Crippen molar-refractivity contribution < 1.29 is 4.74 Å². The van der Waals surface area contributed by atoms with Crippen molar-refractivity contribution in [3.8, 4) is 0 Å². The second-order valence-corrected chi connectivity index (χ2v) is 5.17. The van der Waals surface area contributed by atoms with E-state index in [1.165, 1.54) is 0 Å². The van der Waals surface area contributed by atoms with Crippen LogP contribution in [0.5, 0.6) is 0 Å². The van der Waals surface area contributed by atoms with E-state index in [0.717, 1.165) is 44.7 Å². The minimum atomic E-state index is 0.162. The average molecular weight is 251 g/mol. The molecule has 0 aromatic carbocycles. The van der Waals surface area contributed by atoms with Crippen LogP contribution >= 0.6 is 0 Å². The first-order valence-corrected chi connectivity index (χ1v) is 7.13. The van der Waals surface area contributed by atoms with Crippen LogP contribution in [0, 0.1) is 5.92 Å². The predicted octanol–water partition coefficient (Wildman–Crippen LogP) is 1.98. The molecule has 1 aliphatic rings. The van der Waals surface area contributed by atoms with Gasteiger partial charge in [0.05, 0.1) is 6.10 Å². The van der Waals surface area contributed by atoms with Gasteiger partial charge in [0.2, 0.25) is 0 Å². The Morgan fingerprint density at radius 3 is 3.11 bits per heavy atom. The lowest BCUT2D eigenvalue weighted by molar-refractivity contribution is 0.0811. The van der Waals surface area contributed by atoms with Crippen molar-refractivity contribution in [3.63, 3.8) is 0 Å². The number of imidazole rings is 1. The van der Waals surface area contributed by atoms with Crippen LogP contribution in [0.25, 0.3) is 0 Å². The summed E-state index contributed by atoms with van der Waals surface area (Å²) in [4.78, 5) is 4.44. The summed E-state index contributed by atoms with van der Waals surface area (Å²) >= 11 is 0. The molecule has 4 nitrogen and oxygen atoms in total. The third-order valence-electron chi connectivity index (χ3n) is 3.90. The molecule has 0 amide bonds. The maximum absolute atomic E-state index is 6.37. The molecule has 102 valence electrons. The molecule has 2 rings (SSSR count). The Labute approximate surface area is 110 Å². The Hall–Kier alpha value is -0.870. The Kier molecular flexibility index (Phi) is 4.78. The van der Waals surface area contributed by atoms with Crippen LogP contribution in [0.4, 0.5) is 0 Å². The molecular formula is C14H25N3O. The maximum Gasteiger partial charge on any atom is 0.110 e. The summed E-state index contributed by atoms with van der Waals surface area (Å²) in [6, 6.07) is 0.162. The van der Waals surface area contributed by atoms with Crippen LogP contribution in [-0.2, 0) is 17.7 Å². The molecule has 2 heterocycles. The van der Waals surface area contributed by atoms with Gasteiger partial charge in [-0.25, -0.2) is 4.98 Å². The molecule has 0 bridgehead atoms. The summed E-state index contributed by atoms with van der Waals surface area (Å²) in [5.41, 5.74) is 6.37. The Morgan fingerprint density at radius 1 is 1.56 bits per heavy atom. The fourth-order valence-corrected chi connectivity index (χ4v) is 2.91. The van der Waals surface area contributed by atoms with Crippen LogP contribution in [0.1, 0.15) is 38.9 Å². The average Bonchev–Trinajstić information content (AvgIpc) is 2.98. The third kappa shape index (κ3) is 2.93. The first kappa shape index (κ1) is 13.6. The normalized spacial score (nSPS) is 25.5. The third-order valence-corrected chi connectivity index (χ3v) is 3.90. The van der Waals surface area contributed by atoms with Crippen molar-refractivity contribution in [1.29, 1.82) is 0 Å². The molecule has 3 unspecified atom stereocenters. The van der Waals surface area contributed by atoms with E-state index in [1.54, 1.807) is 0 Å². The first-order chi connectivity index (χ1) is 8.76. The van der Waals surface area contributed by atoms with Crippen molar-refractivity contribution in [1.82, 2.24) is 9.55 Å². The maximum atomic E-state index is 6.37. The Morgan fingerprint density at radius 2 is 2.39 bits per heavy atom. The summed E-state index contributed by atoms with van der Waals surface area (Å²) in [6.45, 7) is 6.25. The lowest BCUT2D eigenvalue weighted by atomic mass is 9.90. The van der Waals surface area contributed by atoms with E-state index < -0.39 is 0 Å². The van der Waals surface area contributed by atoms with Gasteiger partial charge >= 0.3 is 0 Å². The van der Waals surface area contributed by atoms with Gasteiger partial charge in [0.1, 0.15) is 5.82 Å². The van der Waals surface area contributed by atoms with Gasteiger partial charge in [-0.15, -0.1) is 0 Å². The number of aromatic nitrogens is 2. The highest BCUT2D eigenvalue weighted by Crippen LogP contribution is 2.26. The van der Waals surface area contributed by atoms with E-state index in [2.05, 4.69) is 23.4 Å². The predicted molar refractivity (Wildman–Crippen MR) is 72.3 cm³/mol. The van der Waals surface area contributed by atoms with Crippen LogP contribution in [0.3, 0.4) is 0 Å². The lowest BCUT2D eigenvalue weighted by Crippen LogP contribution is -2.37. The molecule has 1 fully saturated rings. The molecule has 0 radical (unpaired) electrons. The number of rotatable bonds is 6. The molecule has 0 aliphatic carbocycles. The van der Waals surface area contributed by atoms with Gasteiger partial charge in [0.25, 0.3) is 0 Å². The van der Waals surface area contributed by atoms with E-state index in [0.29, 0.717) is 12.0 Å². The smallest absolute Gasteiger partial charge is 0.110 e. The van der Waals surface area contributed by atoms with Crippen molar-refractivity contribution in [3.05, 3.63) is 18.2 Å². The zero-order chi connectivity index (χ0) is 13.0. The molecule has 1 aromatic rings. The highest BCUT2D eigenvalue weighted by Gasteiger charge is 2.32.